The van der Waals surface area contributed by atoms with Gasteiger partial charge in [0.25, 0.3) is 0 Å². The number of nitrogens with one attached hydrogen (secondary N) is 1. The first-order valence-electron chi connectivity index (χ1n) is 7.25. The lowest BCUT2D eigenvalue weighted by Crippen LogP contribution is -2.05. The van der Waals surface area contributed by atoms with Gasteiger partial charge in [0.1, 0.15) is 12.4 Å². The third-order valence-corrected chi connectivity index (χ3v) is 3.88. The minimum absolute atomic E-state index is 0.298. The normalized spacial score (nSPS) is 13.1. The van der Waals surface area contributed by atoms with E-state index in [-0.39, 0.29) is 0 Å². The van der Waals surface area contributed by atoms with Crippen LogP contribution in [-0.2, 0) is 19.7 Å². The largest absolute Gasteiger partial charge is 0.457 e. The van der Waals surface area contributed by atoms with E-state index >= 15 is 0 Å². The third-order valence-electron chi connectivity index (χ3n) is 3.65. The molecule has 4 heterocycles. The number of aromatic nitrogens is 4. The molecule has 1 aliphatic rings. The van der Waals surface area contributed by atoms with Crippen molar-refractivity contribution in [3.05, 3.63) is 64.8 Å². The zero-order valence-corrected chi connectivity index (χ0v) is 13.0. The molecule has 4 rings (SSSR count). The van der Waals surface area contributed by atoms with Gasteiger partial charge in [0, 0.05) is 43.9 Å². The SMILES string of the molecule is Clc1ccc(COc2nccc(-n3cc4c(c3)CNC4)n2)nc1. The van der Waals surface area contributed by atoms with E-state index in [1.54, 1.807) is 18.5 Å². The van der Waals surface area contributed by atoms with Crippen molar-refractivity contribution in [2.24, 2.45) is 0 Å². The van der Waals surface area contributed by atoms with Gasteiger partial charge in [0.15, 0.2) is 0 Å². The Labute approximate surface area is 138 Å². The van der Waals surface area contributed by atoms with Gasteiger partial charge in [-0.05, 0) is 23.3 Å². The first-order chi connectivity index (χ1) is 11.3. The second-order valence-corrected chi connectivity index (χ2v) is 5.71. The fourth-order valence-corrected chi connectivity index (χ4v) is 2.61. The Balaban J connectivity index is 1.50. The van der Waals surface area contributed by atoms with Crippen LogP contribution in [0.4, 0.5) is 0 Å². The minimum atomic E-state index is 0.298. The molecule has 1 N–H and O–H groups in total. The Morgan fingerprint density at radius 1 is 1.13 bits per heavy atom. The molecule has 0 radical (unpaired) electrons. The van der Waals surface area contributed by atoms with Crippen molar-refractivity contribution in [1.29, 1.82) is 0 Å². The second kappa shape index (κ2) is 5.98. The molecule has 0 saturated carbocycles. The van der Waals surface area contributed by atoms with Crippen LogP contribution in [0.3, 0.4) is 0 Å². The van der Waals surface area contributed by atoms with Crippen LogP contribution in [0.25, 0.3) is 5.82 Å². The van der Waals surface area contributed by atoms with Gasteiger partial charge in [-0.25, -0.2) is 4.98 Å². The van der Waals surface area contributed by atoms with Crippen molar-refractivity contribution >= 4 is 11.6 Å². The number of hydrogen-bond acceptors (Lipinski definition) is 5. The first-order valence-corrected chi connectivity index (χ1v) is 7.63. The Kier molecular flexibility index (Phi) is 3.69. The van der Waals surface area contributed by atoms with Gasteiger partial charge in [-0.3, -0.25) is 4.98 Å². The number of ether oxygens (including phenoxy) is 1. The Hall–Kier alpha value is -2.44. The summed E-state index contributed by atoms with van der Waals surface area (Å²) >= 11 is 5.81. The van der Waals surface area contributed by atoms with Gasteiger partial charge in [0.05, 0.1) is 10.7 Å². The number of nitrogens with zero attached hydrogens (tertiary/aromatic N) is 4. The number of fused-ring (bicyclic) bond motifs is 1. The predicted octanol–water partition coefficient (Wildman–Crippen LogP) is 2.50. The maximum absolute atomic E-state index is 5.81. The van der Waals surface area contributed by atoms with Crippen molar-refractivity contribution < 1.29 is 4.74 Å². The molecule has 0 atom stereocenters. The van der Waals surface area contributed by atoms with E-state index in [1.165, 1.54) is 11.1 Å². The summed E-state index contributed by atoms with van der Waals surface area (Å²) in [6, 6.07) is 5.78. The monoisotopic (exact) mass is 327 g/mol. The van der Waals surface area contributed by atoms with Crippen molar-refractivity contribution in [3.8, 4) is 11.8 Å². The molecule has 0 amide bonds. The molecule has 7 heteroatoms. The van der Waals surface area contributed by atoms with Crippen LogP contribution >= 0.6 is 11.6 Å². The summed E-state index contributed by atoms with van der Waals surface area (Å²) in [5, 5.41) is 3.91. The van der Waals surface area contributed by atoms with Crippen molar-refractivity contribution in [1.82, 2.24) is 24.8 Å². The summed E-state index contributed by atoms with van der Waals surface area (Å²) < 4.78 is 7.62. The lowest BCUT2D eigenvalue weighted by Gasteiger charge is -2.06. The van der Waals surface area contributed by atoms with Gasteiger partial charge in [-0.15, -0.1) is 0 Å². The zero-order valence-electron chi connectivity index (χ0n) is 12.2. The molecule has 0 bridgehead atoms. The highest BCUT2D eigenvalue weighted by molar-refractivity contribution is 6.30. The fourth-order valence-electron chi connectivity index (χ4n) is 2.50. The molecule has 0 spiro atoms. The van der Waals surface area contributed by atoms with E-state index in [4.69, 9.17) is 16.3 Å². The molecule has 0 aliphatic carbocycles. The van der Waals surface area contributed by atoms with E-state index in [2.05, 4.69) is 32.7 Å². The summed E-state index contributed by atoms with van der Waals surface area (Å²) in [6.07, 6.45) is 7.45. The van der Waals surface area contributed by atoms with Crippen molar-refractivity contribution in [2.45, 2.75) is 19.7 Å². The Morgan fingerprint density at radius 3 is 2.70 bits per heavy atom. The van der Waals surface area contributed by atoms with Crippen molar-refractivity contribution in [3.63, 3.8) is 0 Å². The van der Waals surface area contributed by atoms with Crippen LogP contribution in [0, 0.1) is 0 Å². The smallest absolute Gasteiger partial charge is 0.318 e. The topological polar surface area (TPSA) is 64.9 Å². The average molecular weight is 328 g/mol. The molecule has 23 heavy (non-hydrogen) atoms. The van der Waals surface area contributed by atoms with Gasteiger partial charge in [-0.1, -0.05) is 11.6 Å². The molecule has 116 valence electrons. The molecule has 6 nitrogen and oxygen atoms in total. The summed E-state index contributed by atoms with van der Waals surface area (Å²) in [5.74, 6) is 0.786. The molecule has 3 aromatic heterocycles. The summed E-state index contributed by atoms with van der Waals surface area (Å²) in [4.78, 5) is 12.8. The van der Waals surface area contributed by atoms with Crippen LogP contribution in [0.5, 0.6) is 6.01 Å². The highest BCUT2D eigenvalue weighted by Crippen LogP contribution is 2.19. The second-order valence-electron chi connectivity index (χ2n) is 5.27. The molecular formula is C16H14ClN5O. The van der Waals surface area contributed by atoms with Crippen LogP contribution in [0.15, 0.2) is 43.0 Å². The van der Waals surface area contributed by atoms with Crippen LogP contribution in [0.2, 0.25) is 5.02 Å². The Morgan fingerprint density at radius 2 is 1.96 bits per heavy atom. The zero-order chi connectivity index (χ0) is 15.6. The Bertz CT molecular complexity index is 809. The molecule has 0 fully saturated rings. The number of hydrogen-bond donors (Lipinski definition) is 1. The van der Waals surface area contributed by atoms with Gasteiger partial charge < -0.3 is 14.6 Å². The lowest BCUT2D eigenvalue weighted by molar-refractivity contribution is 0.276. The van der Waals surface area contributed by atoms with Crippen LogP contribution in [-0.4, -0.2) is 19.5 Å². The van der Waals surface area contributed by atoms with E-state index in [0.29, 0.717) is 17.6 Å². The van der Waals surface area contributed by atoms with E-state index in [0.717, 1.165) is 24.6 Å². The molecule has 0 aromatic carbocycles. The number of pyridine rings is 1. The van der Waals surface area contributed by atoms with E-state index < -0.39 is 0 Å². The summed E-state index contributed by atoms with van der Waals surface area (Å²) in [6.45, 7) is 2.10. The highest BCUT2D eigenvalue weighted by Gasteiger charge is 2.14. The lowest BCUT2D eigenvalue weighted by atomic mass is 10.2. The van der Waals surface area contributed by atoms with Crippen molar-refractivity contribution in [2.75, 3.05) is 0 Å². The quantitative estimate of drug-likeness (QED) is 0.797. The average Bonchev–Trinajstić information content (AvgIpc) is 3.16. The maximum atomic E-state index is 5.81. The molecule has 0 unspecified atom stereocenters. The molecule has 1 aliphatic heterocycles. The van der Waals surface area contributed by atoms with Gasteiger partial charge >= 0.3 is 6.01 Å². The standard InChI is InChI=1S/C16H14ClN5O/c17-13-1-2-14(20-7-13)10-23-16-19-4-3-15(21-16)22-8-11-5-18-6-12(11)9-22/h1-4,7-9,18H,5-6,10H2. The first kappa shape index (κ1) is 14.2. The van der Waals surface area contributed by atoms with E-state index in [9.17, 15) is 0 Å². The maximum Gasteiger partial charge on any atom is 0.318 e. The molecule has 3 aromatic rings. The molecular weight excluding hydrogens is 314 g/mol. The predicted molar refractivity (Wildman–Crippen MR) is 85.5 cm³/mol. The summed E-state index contributed by atoms with van der Waals surface area (Å²) in [7, 11) is 0. The minimum Gasteiger partial charge on any atom is -0.457 e. The van der Waals surface area contributed by atoms with Gasteiger partial charge in [-0.2, -0.15) is 4.98 Å². The third kappa shape index (κ3) is 3.04. The van der Waals surface area contributed by atoms with Crippen LogP contribution in [0.1, 0.15) is 16.8 Å². The fraction of sp³-hybridized carbons (Fsp3) is 0.188. The summed E-state index contributed by atoms with van der Waals surface area (Å²) in [5.41, 5.74) is 3.38. The van der Waals surface area contributed by atoms with Gasteiger partial charge in [0.2, 0.25) is 0 Å². The van der Waals surface area contributed by atoms with Crippen LogP contribution < -0.4 is 10.1 Å². The highest BCUT2D eigenvalue weighted by atomic mass is 35.5. The van der Waals surface area contributed by atoms with E-state index in [1.807, 2.05) is 16.7 Å². The molecule has 0 saturated heterocycles. The number of rotatable bonds is 4. The number of halogens is 1.